The van der Waals surface area contributed by atoms with Crippen molar-refractivity contribution in [2.24, 2.45) is 0 Å². The summed E-state index contributed by atoms with van der Waals surface area (Å²) in [7, 11) is 0. The van der Waals surface area contributed by atoms with Crippen LogP contribution in [-0.4, -0.2) is 15.8 Å². The highest BCUT2D eigenvalue weighted by Gasteiger charge is 1.92. The molecular weight excluding hydrogens is 250 g/mol. The molecule has 48 valence electrons. The molecule has 0 aliphatic heterocycles. The van der Waals surface area contributed by atoms with Crippen molar-refractivity contribution in [1.29, 1.82) is 0 Å². The average Bonchev–Trinajstić information content (AvgIpc) is 2.34. The molecule has 0 N–H and O–H groups in total. The molecule has 0 aliphatic rings. The molecule has 3 nitrogen and oxygen atoms in total. The predicted octanol–water partition coefficient (Wildman–Crippen LogP) is 1.49. The van der Waals surface area contributed by atoms with Crippen molar-refractivity contribution in [3.63, 3.8) is 0 Å². The molecule has 1 unspecified atom stereocenters. The lowest BCUT2D eigenvalue weighted by atomic mass is 10.5. The van der Waals surface area contributed by atoms with Gasteiger partial charge in [0.1, 0.15) is 5.69 Å². The zero-order chi connectivity index (χ0) is 6.69. The van der Waals surface area contributed by atoms with Gasteiger partial charge in [-0.25, -0.2) is 4.45 Å². The minimum absolute atomic E-state index is 0.499. The lowest BCUT2D eigenvalue weighted by Crippen LogP contribution is -1.83. The van der Waals surface area contributed by atoms with Crippen molar-refractivity contribution in [3.05, 3.63) is 18.0 Å². The number of aldehydes is 1. The topological polar surface area (TPSA) is 34.9 Å². The van der Waals surface area contributed by atoms with E-state index >= 15 is 0 Å². The Labute approximate surface area is 67.1 Å². The average molecular weight is 254 g/mol. The van der Waals surface area contributed by atoms with Crippen LogP contribution in [-0.2, 0) is 0 Å². The number of aromatic nitrogens is 2. The number of carbonyl (C=O) groups excluding carboxylic acids is 1. The lowest BCUT2D eigenvalue weighted by Gasteiger charge is -1.86. The first-order valence-electron chi connectivity index (χ1n) is 2.24. The first kappa shape index (κ1) is 7.15. The first-order chi connectivity index (χ1) is 4.36. The number of nitrogens with zero attached hydrogens (tertiary/aromatic N) is 2. The summed E-state index contributed by atoms with van der Waals surface area (Å²) in [6.45, 7) is 0. The van der Waals surface area contributed by atoms with E-state index in [-0.39, 0.29) is 0 Å². The molecule has 1 rings (SSSR count). The van der Waals surface area contributed by atoms with Crippen LogP contribution >= 0.6 is 28.4 Å². The van der Waals surface area contributed by atoms with Gasteiger partial charge in [0.25, 0.3) is 0 Å². The van der Waals surface area contributed by atoms with E-state index in [1.807, 2.05) is 0 Å². The number of hydrogen-bond acceptors (Lipinski definition) is 2. The normalized spacial score (nSPS) is 10.8. The third kappa shape index (κ3) is 1.72. The van der Waals surface area contributed by atoms with Crippen LogP contribution in [0, 0.1) is 0 Å². The standard InChI is InChI=1S/C4H4IN2OP/c5-9-7-2-1-4(3-8)6-7/h1-3,9H. The molecule has 0 bridgehead atoms. The van der Waals surface area contributed by atoms with E-state index in [0.29, 0.717) is 12.1 Å². The molecule has 0 radical (unpaired) electrons. The molecule has 1 aromatic rings. The molecule has 0 fully saturated rings. The summed E-state index contributed by atoms with van der Waals surface area (Å²) in [5.74, 6) is 0. The van der Waals surface area contributed by atoms with Gasteiger partial charge in [0.15, 0.2) is 6.29 Å². The molecule has 0 aliphatic carbocycles. The Bertz CT molecular complexity index is 212. The highest BCUT2D eigenvalue weighted by atomic mass is 127. The van der Waals surface area contributed by atoms with Crippen molar-refractivity contribution in [2.75, 3.05) is 0 Å². The quantitative estimate of drug-likeness (QED) is 0.455. The van der Waals surface area contributed by atoms with Crippen molar-refractivity contribution in [3.8, 4) is 0 Å². The second-order valence-electron chi connectivity index (χ2n) is 1.39. The van der Waals surface area contributed by atoms with Crippen LogP contribution in [0.3, 0.4) is 0 Å². The van der Waals surface area contributed by atoms with Gasteiger partial charge in [0.2, 0.25) is 0 Å². The van der Waals surface area contributed by atoms with Gasteiger partial charge in [0, 0.05) is 6.20 Å². The van der Waals surface area contributed by atoms with Crippen molar-refractivity contribution >= 4 is 34.7 Å². The molecule has 1 aromatic heterocycles. The van der Waals surface area contributed by atoms with Crippen LogP contribution in [0.4, 0.5) is 0 Å². The largest absolute Gasteiger partial charge is 0.296 e. The third-order valence-corrected chi connectivity index (χ3v) is 2.72. The molecular formula is C4H4IN2OP. The second-order valence-corrected chi connectivity index (χ2v) is 3.46. The summed E-state index contributed by atoms with van der Waals surface area (Å²) >= 11 is 2.20. The highest BCUT2D eigenvalue weighted by molar-refractivity contribution is 14.2. The van der Waals surface area contributed by atoms with Gasteiger partial charge in [-0.05, 0) is 28.1 Å². The highest BCUT2D eigenvalue weighted by Crippen LogP contribution is 2.21. The van der Waals surface area contributed by atoms with Crippen molar-refractivity contribution in [2.45, 2.75) is 0 Å². The van der Waals surface area contributed by atoms with E-state index in [1.165, 1.54) is 0 Å². The fourth-order valence-electron chi connectivity index (χ4n) is 0.448. The zero-order valence-corrected chi connectivity index (χ0v) is 7.57. The molecule has 0 saturated heterocycles. The molecule has 0 spiro atoms. The van der Waals surface area contributed by atoms with E-state index in [4.69, 9.17) is 0 Å². The van der Waals surface area contributed by atoms with Gasteiger partial charge in [-0.2, -0.15) is 5.10 Å². The van der Waals surface area contributed by atoms with E-state index in [9.17, 15) is 4.79 Å². The minimum atomic E-state index is 0.499. The number of hydrogen-bond donors (Lipinski definition) is 0. The number of rotatable bonds is 2. The third-order valence-electron chi connectivity index (χ3n) is 0.817. The summed E-state index contributed by atoms with van der Waals surface area (Å²) in [6, 6.07) is 1.69. The van der Waals surface area contributed by atoms with Crippen LogP contribution in [0.1, 0.15) is 10.5 Å². The van der Waals surface area contributed by atoms with Gasteiger partial charge < -0.3 is 0 Å². The number of carbonyl (C=O) groups is 1. The fraction of sp³-hybridized carbons (Fsp3) is 0. The Balaban J connectivity index is 2.86. The smallest absolute Gasteiger partial charge is 0.170 e. The molecule has 1 heterocycles. The molecule has 5 heteroatoms. The summed E-state index contributed by atoms with van der Waals surface area (Å²) < 4.78 is 1.73. The van der Waals surface area contributed by atoms with Crippen LogP contribution in [0.25, 0.3) is 0 Å². The van der Waals surface area contributed by atoms with Gasteiger partial charge in [-0.1, -0.05) is 0 Å². The van der Waals surface area contributed by atoms with Gasteiger partial charge in [-0.3, -0.25) is 4.79 Å². The fourth-order valence-corrected chi connectivity index (χ4v) is 1.54. The second kappa shape index (κ2) is 3.27. The lowest BCUT2D eigenvalue weighted by molar-refractivity contribution is 0.111. The van der Waals surface area contributed by atoms with E-state index in [2.05, 4.69) is 27.1 Å². The minimum Gasteiger partial charge on any atom is -0.296 e. The summed E-state index contributed by atoms with van der Waals surface area (Å²) in [6.07, 6.45) is 3.10. The Morgan fingerprint density at radius 3 is 3.00 bits per heavy atom. The zero-order valence-electron chi connectivity index (χ0n) is 4.41. The van der Waals surface area contributed by atoms with Crippen LogP contribution in [0.2, 0.25) is 0 Å². The van der Waals surface area contributed by atoms with E-state index in [0.717, 1.165) is 6.29 Å². The van der Waals surface area contributed by atoms with Crippen LogP contribution < -0.4 is 0 Å². The van der Waals surface area contributed by atoms with Crippen molar-refractivity contribution in [1.82, 2.24) is 9.55 Å². The van der Waals surface area contributed by atoms with Crippen LogP contribution in [0.15, 0.2) is 12.3 Å². The SMILES string of the molecule is O=Cc1ccn(PI)n1. The summed E-state index contributed by atoms with van der Waals surface area (Å²) in [5, 5.41) is 3.90. The van der Waals surface area contributed by atoms with E-state index in [1.54, 1.807) is 16.7 Å². The first-order valence-corrected chi connectivity index (χ1v) is 6.30. The summed E-state index contributed by atoms with van der Waals surface area (Å²) in [5.41, 5.74) is 0.499. The molecule has 0 amide bonds. The molecule has 0 aromatic carbocycles. The van der Waals surface area contributed by atoms with Crippen molar-refractivity contribution < 1.29 is 4.79 Å². The Kier molecular flexibility index (Phi) is 2.60. The monoisotopic (exact) mass is 254 g/mol. The maximum absolute atomic E-state index is 10.1. The van der Waals surface area contributed by atoms with Crippen LogP contribution in [0.5, 0.6) is 0 Å². The predicted molar refractivity (Wildman–Crippen MR) is 45.3 cm³/mol. The molecule has 1 atom stereocenters. The van der Waals surface area contributed by atoms with Gasteiger partial charge >= 0.3 is 0 Å². The van der Waals surface area contributed by atoms with Gasteiger partial charge in [0.05, 0.1) is 6.37 Å². The summed E-state index contributed by atoms with van der Waals surface area (Å²) in [4.78, 5) is 10.1. The Morgan fingerprint density at radius 1 is 1.89 bits per heavy atom. The molecule has 9 heavy (non-hydrogen) atoms. The van der Waals surface area contributed by atoms with Gasteiger partial charge in [-0.15, -0.1) is 0 Å². The maximum Gasteiger partial charge on any atom is 0.170 e. The molecule has 0 saturated carbocycles. The Morgan fingerprint density at radius 2 is 2.67 bits per heavy atom. The maximum atomic E-state index is 10.1. The number of halogens is 1. The Hall–Kier alpha value is 0.0400. The van der Waals surface area contributed by atoms with E-state index < -0.39 is 0 Å².